The molecule has 124 valence electrons. The highest BCUT2D eigenvalue weighted by molar-refractivity contribution is 14.1. The molecule has 0 amide bonds. The summed E-state index contributed by atoms with van der Waals surface area (Å²) in [6, 6.07) is 28.9. The monoisotopic (exact) mass is 436 g/mol. The first kappa shape index (κ1) is 16.6. The molecule has 0 aliphatic heterocycles. The molecule has 1 aliphatic carbocycles. The number of hydrogen-bond acceptors (Lipinski definition) is 0. The lowest BCUT2D eigenvalue weighted by Gasteiger charge is -2.34. The van der Waals surface area contributed by atoms with E-state index in [1.807, 2.05) is 0 Å². The van der Waals surface area contributed by atoms with Gasteiger partial charge in [0.1, 0.15) is 0 Å². The fourth-order valence-corrected chi connectivity index (χ4v) is 5.43. The van der Waals surface area contributed by atoms with Crippen LogP contribution in [0.25, 0.3) is 9.15 Å². The molecule has 0 bridgehead atoms. The van der Waals surface area contributed by atoms with Crippen LogP contribution in [0.15, 0.2) is 78.9 Å². The average molecular weight is 436 g/mol. The number of rotatable bonds is 3. The summed E-state index contributed by atoms with van der Waals surface area (Å²) < 4.78 is 1.38. The van der Waals surface area contributed by atoms with Gasteiger partial charge in [-0.25, -0.2) is 0 Å². The molecule has 25 heavy (non-hydrogen) atoms. The minimum Gasteiger partial charge on any atom is -0.0639 e. The number of allylic oxidation sites excluding steroid dienone is 1. The summed E-state index contributed by atoms with van der Waals surface area (Å²) in [5.41, 5.74) is 8.20. The van der Waals surface area contributed by atoms with Crippen LogP contribution >= 0.6 is 22.6 Å². The van der Waals surface area contributed by atoms with Crippen LogP contribution in [-0.2, 0) is 5.41 Å². The van der Waals surface area contributed by atoms with Gasteiger partial charge in [0.25, 0.3) is 0 Å². The molecule has 0 aromatic heterocycles. The predicted octanol–water partition coefficient (Wildman–Crippen LogP) is 7.01. The summed E-state index contributed by atoms with van der Waals surface area (Å²) in [6.07, 6.45) is 1.05. The number of halogens is 1. The first-order valence-corrected chi connectivity index (χ1v) is 9.89. The molecule has 0 fully saturated rings. The predicted molar refractivity (Wildman–Crippen MR) is 116 cm³/mol. The number of aryl methyl sites for hydroxylation is 1. The third kappa shape index (κ3) is 2.48. The van der Waals surface area contributed by atoms with Gasteiger partial charge in [0.05, 0.1) is 0 Å². The van der Waals surface area contributed by atoms with Crippen molar-refractivity contribution in [1.29, 1.82) is 0 Å². The molecule has 3 aromatic carbocycles. The largest absolute Gasteiger partial charge is 0.0639 e. The molecular formula is C24H21I. The van der Waals surface area contributed by atoms with E-state index in [2.05, 4.69) is 115 Å². The molecule has 1 atom stereocenters. The van der Waals surface area contributed by atoms with Gasteiger partial charge < -0.3 is 0 Å². The Morgan fingerprint density at radius 3 is 2.12 bits per heavy atom. The van der Waals surface area contributed by atoms with Crippen molar-refractivity contribution in [3.05, 3.63) is 107 Å². The quantitative estimate of drug-likeness (QED) is 0.388. The van der Waals surface area contributed by atoms with Crippen LogP contribution in [0.5, 0.6) is 0 Å². The van der Waals surface area contributed by atoms with E-state index in [0.717, 1.165) is 6.42 Å². The van der Waals surface area contributed by atoms with E-state index in [4.69, 9.17) is 0 Å². The third-order valence-corrected chi connectivity index (χ3v) is 6.53. The zero-order valence-electron chi connectivity index (χ0n) is 14.6. The first-order chi connectivity index (χ1) is 12.2. The molecule has 0 saturated carbocycles. The third-order valence-electron chi connectivity index (χ3n) is 5.41. The zero-order valence-corrected chi connectivity index (χ0v) is 16.7. The summed E-state index contributed by atoms with van der Waals surface area (Å²) in [4.78, 5) is 0. The highest BCUT2D eigenvalue weighted by atomic mass is 127. The molecule has 0 radical (unpaired) electrons. The Morgan fingerprint density at radius 2 is 1.44 bits per heavy atom. The van der Waals surface area contributed by atoms with Crippen LogP contribution < -0.4 is 0 Å². The highest BCUT2D eigenvalue weighted by Crippen LogP contribution is 2.58. The van der Waals surface area contributed by atoms with E-state index in [1.54, 1.807) is 0 Å². The Kier molecular flexibility index (Phi) is 4.28. The lowest BCUT2D eigenvalue weighted by molar-refractivity contribution is 0.645. The molecule has 0 nitrogen and oxygen atoms in total. The number of hydrogen-bond donors (Lipinski definition) is 0. The molecular weight excluding hydrogens is 415 g/mol. The molecule has 4 rings (SSSR count). The van der Waals surface area contributed by atoms with Gasteiger partial charge in [0.2, 0.25) is 0 Å². The first-order valence-electron chi connectivity index (χ1n) is 8.81. The Morgan fingerprint density at radius 1 is 0.800 bits per heavy atom. The Labute approximate surface area is 163 Å². The Bertz CT molecular complexity index is 935. The molecule has 0 saturated heterocycles. The summed E-state index contributed by atoms with van der Waals surface area (Å²) in [6.45, 7) is 4.47. The standard InChI is InChI=1S/C24H21I/c1-3-24(19-15-13-17(2)14-16-19)21-12-8-7-11-20(21)23(25)22(24)18-9-5-4-6-10-18/h4-16H,3H2,1-2H3. The van der Waals surface area contributed by atoms with Gasteiger partial charge in [-0.05, 0) is 63.8 Å². The molecule has 3 aromatic rings. The van der Waals surface area contributed by atoms with Crippen LogP contribution in [0.3, 0.4) is 0 Å². The van der Waals surface area contributed by atoms with Crippen LogP contribution in [0.1, 0.15) is 41.2 Å². The lowest BCUT2D eigenvalue weighted by Crippen LogP contribution is -2.26. The Hall–Kier alpha value is -1.87. The Balaban J connectivity index is 2.07. The maximum absolute atomic E-state index is 2.55. The van der Waals surface area contributed by atoms with Crippen LogP contribution in [-0.4, -0.2) is 0 Å². The van der Waals surface area contributed by atoms with Gasteiger partial charge in [0.15, 0.2) is 0 Å². The van der Waals surface area contributed by atoms with E-state index >= 15 is 0 Å². The number of benzene rings is 3. The second kappa shape index (κ2) is 6.45. The van der Waals surface area contributed by atoms with E-state index in [-0.39, 0.29) is 5.41 Å². The van der Waals surface area contributed by atoms with Crippen LogP contribution in [0, 0.1) is 6.92 Å². The van der Waals surface area contributed by atoms with Gasteiger partial charge in [-0.15, -0.1) is 0 Å². The maximum Gasteiger partial charge on any atom is 0.0471 e. The van der Waals surface area contributed by atoms with E-state index in [0.29, 0.717) is 0 Å². The lowest BCUT2D eigenvalue weighted by atomic mass is 9.68. The van der Waals surface area contributed by atoms with Gasteiger partial charge in [0, 0.05) is 8.99 Å². The van der Waals surface area contributed by atoms with Crippen LogP contribution in [0.2, 0.25) is 0 Å². The topological polar surface area (TPSA) is 0 Å². The molecule has 1 unspecified atom stereocenters. The van der Waals surface area contributed by atoms with E-state index in [1.165, 1.54) is 37.0 Å². The molecule has 0 N–H and O–H groups in total. The normalized spacial score (nSPS) is 19.2. The summed E-state index contributed by atoms with van der Waals surface area (Å²) in [5.74, 6) is 0. The van der Waals surface area contributed by atoms with Gasteiger partial charge in [-0.3, -0.25) is 0 Å². The summed E-state index contributed by atoms with van der Waals surface area (Å²) in [5, 5.41) is 0. The molecule has 0 spiro atoms. The highest BCUT2D eigenvalue weighted by Gasteiger charge is 2.44. The van der Waals surface area contributed by atoms with Crippen molar-refractivity contribution in [3.8, 4) is 0 Å². The SMILES string of the molecule is CCC1(c2ccc(C)cc2)C(c2ccccc2)=C(I)c2ccccc21. The van der Waals surface area contributed by atoms with Crippen molar-refractivity contribution in [2.75, 3.05) is 0 Å². The van der Waals surface area contributed by atoms with Crippen molar-refractivity contribution in [2.24, 2.45) is 0 Å². The summed E-state index contributed by atoms with van der Waals surface area (Å²) in [7, 11) is 0. The minimum atomic E-state index is -0.0812. The number of fused-ring (bicyclic) bond motifs is 1. The van der Waals surface area contributed by atoms with Gasteiger partial charge in [-0.2, -0.15) is 0 Å². The van der Waals surface area contributed by atoms with Gasteiger partial charge >= 0.3 is 0 Å². The second-order valence-corrected chi connectivity index (χ2v) is 7.80. The maximum atomic E-state index is 2.55. The van der Waals surface area contributed by atoms with Crippen molar-refractivity contribution in [3.63, 3.8) is 0 Å². The van der Waals surface area contributed by atoms with Crippen molar-refractivity contribution in [1.82, 2.24) is 0 Å². The van der Waals surface area contributed by atoms with Crippen molar-refractivity contribution >= 4 is 31.7 Å². The van der Waals surface area contributed by atoms with Crippen molar-refractivity contribution < 1.29 is 0 Å². The van der Waals surface area contributed by atoms with Gasteiger partial charge in [-0.1, -0.05) is 91.3 Å². The molecule has 1 aliphatic rings. The minimum absolute atomic E-state index is 0.0812. The van der Waals surface area contributed by atoms with Crippen LogP contribution in [0.4, 0.5) is 0 Å². The van der Waals surface area contributed by atoms with E-state index in [9.17, 15) is 0 Å². The second-order valence-electron chi connectivity index (χ2n) is 6.73. The van der Waals surface area contributed by atoms with E-state index < -0.39 is 0 Å². The fraction of sp³-hybridized carbons (Fsp3) is 0.167. The zero-order chi connectivity index (χ0) is 17.4. The molecule has 1 heteroatoms. The summed E-state index contributed by atoms with van der Waals surface area (Å²) >= 11 is 2.55. The fourth-order valence-electron chi connectivity index (χ4n) is 4.19. The van der Waals surface area contributed by atoms with Crippen molar-refractivity contribution in [2.45, 2.75) is 25.7 Å². The smallest absolute Gasteiger partial charge is 0.0471 e. The molecule has 0 heterocycles. The average Bonchev–Trinajstić information content (AvgIpc) is 2.93.